The van der Waals surface area contributed by atoms with E-state index in [0.29, 0.717) is 52.1 Å². The number of hydrogen-bond acceptors (Lipinski definition) is 8. The number of aryl methyl sites for hydroxylation is 2. The molecule has 174 valence electrons. The molecule has 0 saturated carbocycles. The number of carbonyl (C=O) groups is 2. The molecule has 11 heteroatoms. The first-order valence-corrected chi connectivity index (χ1v) is 12.7. The van der Waals surface area contributed by atoms with Crippen LogP contribution in [0.2, 0.25) is 0 Å². The van der Waals surface area contributed by atoms with Crippen LogP contribution < -0.4 is 5.32 Å². The standard InChI is InChI=1S/C22H24N4O5S2/c1-13(27)16-6-8-18(9-7-16)24-22(28)17-5-4-10-26(12-17)33(29,30)20-11-19(32-14(20)2)21-23-15(3)31-25-21/h6-9,11,17H,4-5,10,12H2,1-3H3,(H,24,28)/t17-/m0/s1. The topological polar surface area (TPSA) is 122 Å². The number of ketones is 1. The minimum absolute atomic E-state index is 0.0534. The fourth-order valence-corrected chi connectivity index (χ4v) is 6.79. The van der Waals surface area contributed by atoms with E-state index in [4.69, 9.17) is 4.52 Å². The Labute approximate surface area is 195 Å². The third-order valence-electron chi connectivity index (χ3n) is 5.55. The first-order valence-electron chi connectivity index (χ1n) is 10.5. The summed E-state index contributed by atoms with van der Waals surface area (Å²) >= 11 is 1.29. The lowest BCUT2D eigenvalue weighted by molar-refractivity contribution is -0.120. The summed E-state index contributed by atoms with van der Waals surface area (Å²) in [5.74, 6) is -0.00729. The number of rotatable bonds is 6. The summed E-state index contributed by atoms with van der Waals surface area (Å²) in [5.41, 5.74) is 1.13. The number of piperidine rings is 1. The number of aromatic nitrogens is 2. The molecule has 1 aromatic carbocycles. The van der Waals surface area contributed by atoms with Crippen LogP contribution in [0.5, 0.6) is 0 Å². The van der Waals surface area contributed by atoms with Crippen LogP contribution in [-0.4, -0.2) is 47.6 Å². The molecule has 1 atom stereocenters. The minimum Gasteiger partial charge on any atom is -0.339 e. The van der Waals surface area contributed by atoms with E-state index in [1.807, 2.05) is 0 Å². The van der Waals surface area contributed by atoms with Crippen LogP contribution in [0.1, 0.15) is 40.9 Å². The summed E-state index contributed by atoms with van der Waals surface area (Å²) < 4.78 is 33.2. The van der Waals surface area contributed by atoms with Crippen molar-refractivity contribution in [2.24, 2.45) is 5.92 Å². The molecule has 1 aliphatic rings. The molecule has 0 spiro atoms. The first-order chi connectivity index (χ1) is 15.6. The lowest BCUT2D eigenvalue weighted by Crippen LogP contribution is -2.43. The maximum atomic E-state index is 13.4. The van der Waals surface area contributed by atoms with E-state index < -0.39 is 15.9 Å². The van der Waals surface area contributed by atoms with Crippen molar-refractivity contribution in [2.45, 2.75) is 38.5 Å². The zero-order chi connectivity index (χ0) is 23.8. The number of anilines is 1. The van der Waals surface area contributed by atoms with E-state index in [0.717, 1.165) is 0 Å². The average molecular weight is 489 g/mol. The largest absolute Gasteiger partial charge is 0.339 e. The van der Waals surface area contributed by atoms with Crippen molar-refractivity contribution in [1.82, 2.24) is 14.4 Å². The van der Waals surface area contributed by atoms with Crippen LogP contribution in [-0.2, 0) is 14.8 Å². The smallest absolute Gasteiger partial charge is 0.244 e. The van der Waals surface area contributed by atoms with Crippen molar-refractivity contribution in [3.05, 3.63) is 46.7 Å². The van der Waals surface area contributed by atoms with Crippen LogP contribution in [0, 0.1) is 19.8 Å². The van der Waals surface area contributed by atoms with Crippen molar-refractivity contribution >= 4 is 38.7 Å². The molecule has 33 heavy (non-hydrogen) atoms. The van der Waals surface area contributed by atoms with Gasteiger partial charge < -0.3 is 9.84 Å². The highest BCUT2D eigenvalue weighted by atomic mass is 32.2. The molecule has 1 N–H and O–H groups in total. The monoisotopic (exact) mass is 488 g/mol. The number of carbonyl (C=O) groups excluding carboxylic acids is 2. The Morgan fingerprint density at radius 1 is 1.21 bits per heavy atom. The predicted molar refractivity (Wildman–Crippen MR) is 124 cm³/mol. The second-order valence-corrected chi connectivity index (χ2v) is 11.2. The predicted octanol–water partition coefficient (Wildman–Crippen LogP) is 3.66. The van der Waals surface area contributed by atoms with Gasteiger partial charge in [-0.15, -0.1) is 11.3 Å². The van der Waals surface area contributed by atoms with Crippen LogP contribution >= 0.6 is 11.3 Å². The number of nitrogens with zero attached hydrogens (tertiary/aromatic N) is 3. The normalized spacial score (nSPS) is 17.1. The molecule has 9 nitrogen and oxygen atoms in total. The molecular weight excluding hydrogens is 464 g/mol. The Morgan fingerprint density at radius 2 is 1.94 bits per heavy atom. The second kappa shape index (κ2) is 9.16. The van der Waals surface area contributed by atoms with E-state index in [-0.39, 0.29) is 23.1 Å². The van der Waals surface area contributed by atoms with Crippen molar-refractivity contribution in [2.75, 3.05) is 18.4 Å². The maximum absolute atomic E-state index is 13.4. The molecule has 3 heterocycles. The van der Waals surface area contributed by atoms with E-state index in [1.54, 1.807) is 44.2 Å². The zero-order valence-electron chi connectivity index (χ0n) is 18.5. The Balaban J connectivity index is 1.49. The summed E-state index contributed by atoms with van der Waals surface area (Å²) in [6.45, 7) is 5.35. The van der Waals surface area contributed by atoms with Gasteiger partial charge >= 0.3 is 0 Å². The fourth-order valence-electron chi connectivity index (χ4n) is 3.78. The number of thiophene rings is 1. The van der Waals surface area contributed by atoms with Gasteiger partial charge in [0.1, 0.15) is 0 Å². The van der Waals surface area contributed by atoms with Crippen molar-refractivity contribution in [3.8, 4) is 10.7 Å². The van der Waals surface area contributed by atoms with E-state index in [9.17, 15) is 18.0 Å². The van der Waals surface area contributed by atoms with Crippen LogP contribution in [0.3, 0.4) is 0 Å². The molecule has 0 unspecified atom stereocenters. The van der Waals surface area contributed by atoms with Crippen molar-refractivity contribution in [3.63, 3.8) is 0 Å². The number of nitrogens with one attached hydrogen (secondary N) is 1. The number of amides is 1. The van der Waals surface area contributed by atoms with Gasteiger partial charge in [0.25, 0.3) is 0 Å². The van der Waals surface area contributed by atoms with Gasteiger partial charge in [-0.3, -0.25) is 9.59 Å². The second-order valence-electron chi connectivity index (χ2n) is 7.99. The zero-order valence-corrected chi connectivity index (χ0v) is 20.1. The van der Waals surface area contributed by atoms with Gasteiger partial charge in [0.05, 0.1) is 15.7 Å². The summed E-state index contributed by atoms with van der Waals surface area (Å²) in [6, 6.07) is 8.21. The Morgan fingerprint density at radius 3 is 2.58 bits per heavy atom. The fraction of sp³-hybridized carbons (Fsp3) is 0.364. The van der Waals surface area contributed by atoms with Crippen LogP contribution in [0.15, 0.2) is 39.8 Å². The number of benzene rings is 1. The highest BCUT2D eigenvalue weighted by molar-refractivity contribution is 7.89. The van der Waals surface area contributed by atoms with Crippen LogP contribution in [0.25, 0.3) is 10.7 Å². The van der Waals surface area contributed by atoms with E-state index in [2.05, 4.69) is 15.5 Å². The highest BCUT2D eigenvalue weighted by Gasteiger charge is 2.35. The summed E-state index contributed by atoms with van der Waals surface area (Å²) in [4.78, 5) is 29.9. The SMILES string of the molecule is CC(=O)c1ccc(NC(=O)[C@H]2CCCN(S(=O)(=O)c3cc(-c4noc(C)n4)sc3C)C2)cc1. The molecule has 4 rings (SSSR count). The number of hydrogen-bond donors (Lipinski definition) is 1. The molecule has 1 fully saturated rings. The van der Waals surface area contributed by atoms with Gasteiger partial charge in [0, 0.05) is 36.1 Å². The number of Topliss-reactive ketones (excluding diaryl/α,β-unsaturated/α-hetero) is 1. The van der Waals surface area contributed by atoms with Crippen LogP contribution in [0.4, 0.5) is 5.69 Å². The first kappa shape index (κ1) is 23.3. The summed E-state index contributed by atoms with van der Waals surface area (Å²) in [5, 5.41) is 6.70. The van der Waals surface area contributed by atoms with Gasteiger partial charge in [-0.25, -0.2) is 8.42 Å². The molecule has 0 radical (unpaired) electrons. The van der Waals surface area contributed by atoms with Gasteiger partial charge in [0.2, 0.25) is 27.6 Å². The molecule has 3 aromatic rings. The highest BCUT2D eigenvalue weighted by Crippen LogP contribution is 2.35. The van der Waals surface area contributed by atoms with E-state index >= 15 is 0 Å². The maximum Gasteiger partial charge on any atom is 0.244 e. The molecule has 0 bridgehead atoms. The average Bonchev–Trinajstić information content (AvgIpc) is 3.40. The molecular formula is C22H24N4O5S2. The van der Waals surface area contributed by atoms with Gasteiger partial charge in [0.15, 0.2) is 5.78 Å². The summed E-state index contributed by atoms with van der Waals surface area (Å²) in [7, 11) is -3.79. The molecule has 2 aromatic heterocycles. The summed E-state index contributed by atoms with van der Waals surface area (Å²) in [6.07, 6.45) is 1.18. The van der Waals surface area contributed by atoms with Gasteiger partial charge in [-0.1, -0.05) is 5.16 Å². The third kappa shape index (κ3) is 4.90. The molecule has 1 aliphatic heterocycles. The molecule has 0 aliphatic carbocycles. The Hall–Kier alpha value is -2.89. The molecule has 1 saturated heterocycles. The van der Waals surface area contributed by atoms with Gasteiger partial charge in [-0.2, -0.15) is 9.29 Å². The van der Waals surface area contributed by atoms with E-state index in [1.165, 1.54) is 22.6 Å². The Kier molecular flexibility index (Phi) is 6.46. The van der Waals surface area contributed by atoms with Gasteiger partial charge in [-0.05, 0) is 57.0 Å². The minimum atomic E-state index is -3.79. The van der Waals surface area contributed by atoms with Crippen molar-refractivity contribution in [1.29, 1.82) is 0 Å². The third-order valence-corrected chi connectivity index (χ3v) is 8.72. The lowest BCUT2D eigenvalue weighted by atomic mass is 9.98. The Bertz CT molecular complexity index is 1290. The lowest BCUT2D eigenvalue weighted by Gasteiger charge is -2.31. The quantitative estimate of drug-likeness (QED) is 0.525. The van der Waals surface area contributed by atoms with Crippen molar-refractivity contribution < 1.29 is 22.5 Å². The number of sulfonamides is 1. The molecule has 1 amide bonds.